The average Bonchev–Trinajstić information content (AvgIpc) is 3.74. The van der Waals surface area contributed by atoms with E-state index in [0.717, 1.165) is 67.8 Å². The van der Waals surface area contributed by atoms with Crippen LogP contribution in [0.2, 0.25) is 0 Å². The monoisotopic (exact) mass is 1190 g/mol. The molecule has 3 saturated heterocycles. The van der Waals surface area contributed by atoms with Gasteiger partial charge in [-0.3, -0.25) is 19.7 Å². The van der Waals surface area contributed by atoms with Crippen LogP contribution in [0, 0.1) is 17.8 Å². The molecule has 5 heterocycles. The molecule has 0 aromatic heterocycles. The van der Waals surface area contributed by atoms with Gasteiger partial charge >= 0.3 is 18.2 Å². The van der Waals surface area contributed by atoms with E-state index in [1.807, 2.05) is 139 Å². The van der Waals surface area contributed by atoms with Crippen LogP contribution < -0.4 is 10.6 Å². The van der Waals surface area contributed by atoms with Crippen LogP contribution in [0.4, 0.5) is 9.59 Å². The van der Waals surface area contributed by atoms with Gasteiger partial charge in [-0.1, -0.05) is 110 Å². The van der Waals surface area contributed by atoms with Crippen molar-refractivity contribution in [2.45, 2.75) is 216 Å². The third kappa shape index (κ3) is 25.6. The highest BCUT2D eigenvalue weighted by Gasteiger charge is 2.44. The van der Waals surface area contributed by atoms with E-state index in [1.165, 1.54) is 5.94 Å². The second-order valence-electron chi connectivity index (χ2n) is 26.0. The van der Waals surface area contributed by atoms with E-state index < -0.39 is 5.60 Å². The first kappa shape index (κ1) is 74.0. The molecule has 0 radical (unpaired) electrons. The fourth-order valence-corrected chi connectivity index (χ4v) is 10.3. The summed E-state index contributed by atoms with van der Waals surface area (Å²) in [5.41, 5.74) is 2.66. The van der Waals surface area contributed by atoms with Gasteiger partial charge in [0.1, 0.15) is 47.6 Å². The lowest BCUT2D eigenvalue weighted by Crippen LogP contribution is -2.48. The minimum Gasteiger partial charge on any atom is -0.490 e. The minimum atomic E-state index is -0.517. The Labute approximate surface area is 509 Å². The smallest absolute Gasteiger partial charge is 0.410 e. The van der Waals surface area contributed by atoms with Crippen molar-refractivity contribution in [1.29, 1.82) is 0 Å². The first-order valence-corrected chi connectivity index (χ1v) is 29.4. The van der Waals surface area contributed by atoms with Gasteiger partial charge in [0.2, 0.25) is 0 Å². The number of hydrogen-bond donors (Lipinski definition) is 2. The topological polar surface area (TPSA) is 186 Å². The van der Waals surface area contributed by atoms with E-state index in [9.17, 15) is 24.0 Å². The Bertz CT molecular complexity index is 2490. The molecule has 2 unspecified atom stereocenters. The molecule has 2 N–H and O–H groups in total. The van der Waals surface area contributed by atoms with Crippen molar-refractivity contribution < 1.29 is 52.5 Å². The second kappa shape index (κ2) is 34.8. The van der Waals surface area contributed by atoms with E-state index in [4.69, 9.17) is 28.5 Å². The van der Waals surface area contributed by atoms with E-state index >= 15 is 0 Å². The summed E-state index contributed by atoms with van der Waals surface area (Å²) in [5, 5.41) is 6.75. The van der Waals surface area contributed by atoms with Gasteiger partial charge in [-0.15, -0.1) is 12.4 Å². The molecule has 2 aromatic carbocycles. The first-order chi connectivity index (χ1) is 38.5. The van der Waals surface area contributed by atoms with E-state index in [-0.39, 0.29) is 104 Å². The normalized spacial score (nSPS) is 20.6. The van der Waals surface area contributed by atoms with Gasteiger partial charge in [0.05, 0.1) is 18.1 Å². The zero-order valence-electron chi connectivity index (χ0n) is 52.4. The van der Waals surface area contributed by atoms with Crippen LogP contribution in [0.3, 0.4) is 0 Å². The summed E-state index contributed by atoms with van der Waals surface area (Å²) in [5.74, 6) is 4.09. The molecule has 0 bridgehead atoms. The van der Waals surface area contributed by atoms with Crippen molar-refractivity contribution in [1.82, 2.24) is 30.2 Å². The highest BCUT2D eigenvalue weighted by molar-refractivity contribution is 5.92. The third-order valence-electron chi connectivity index (χ3n) is 13.6. The zero-order valence-corrected chi connectivity index (χ0v) is 53.2. The summed E-state index contributed by atoms with van der Waals surface area (Å²) in [6.45, 7) is 38.1. The molecule has 3 fully saturated rings. The predicted octanol–water partition coefficient (Wildman–Crippen LogP) is 11.6. The van der Waals surface area contributed by atoms with Gasteiger partial charge in [-0.05, 0) is 149 Å². The maximum absolute atomic E-state index is 12.9. The lowest BCUT2D eigenvalue weighted by Gasteiger charge is -2.35. The minimum absolute atomic E-state index is 0. The number of benzene rings is 2. The maximum atomic E-state index is 12.9. The van der Waals surface area contributed by atoms with Crippen molar-refractivity contribution in [3.8, 4) is 0 Å². The summed E-state index contributed by atoms with van der Waals surface area (Å²) in [6, 6.07) is 19.3. The maximum Gasteiger partial charge on any atom is 0.410 e. The van der Waals surface area contributed by atoms with E-state index in [1.54, 1.807) is 22.0 Å². The predicted molar refractivity (Wildman–Crippen MR) is 334 cm³/mol. The molecule has 18 heteroatoms. The number of ether oxygens (including phenoxy) is 5. The van der Waals surface area contributed by atoms with Gasteiger partial charge in [0, 0.05) is 57.0 Å². The van der Waals surface area contributed by atoms with E-state index in [0.29, 0.717) is 56.4 Å². The lowest BCUT2D eigenvalue weighted by molar-refractivity contribution is -0.158. The summed E-state index contributed by atoms with van der Waals surface area (Å²) >= 11 is 0. The van der Waals surface area contributed by atoms with Crippen LogP contribution in [0.1, 0.15) is 161 Å². The number of hydrogen-bond acceptors (Lipinski definition) is 13. The van der Waals surface area contributed by atoms with E-state index in [2.05, 4.69) is 58.8 Å². The number of nitrogens with one attached hydrogen (secondary N) is 2. The number of carbonyl (C=O) groups is 5. The van der Waals surface area contributed by atoms with Crippen LogP contribution in [0.15, 0.2) is 96.6 Å². The zero-order chi connectivity index (χ0) is 61.0. The molecule has 84 heavy (non-hydrogen) atoms. The van der Waals surface area contributed by atoms with Gasteiger partial charge < -0.3 is 48.6 Å². The number of amides is 4. The van der Waals surface area contributed by atoms with Gasteiger partial charge in [0.15, 0.2) is 5.94 Å². The summed E-state index contributed by atoms with van der Waals surface area (Å²) < 4.78 is 28.6. The van der Waals surface area contributed by atoms with Gasteiger partial charge in [0.25, 0.3) is 11.8 Å². The van der Waals surface area contributed by atoms with Crippen LogP contribution >= 0.6 is 12.4 Å². The quantitative estimate of drug-likeness (QED) is 0.0660. The molecule has 7 rings (SSSR count). The van der Waals surface area contributed by atoms with Crippen molar-refractivity contribution in [2.24, 2.45) is 17.8 Å². The highest BCUT2D eigenvalue weighted by atomic mass is 35.5. The summed E-state index contributed by atoms with van der Waals surface area (Å²) in [4.78, 5) is 78.9. The molecule has 2 aromatic rings. The molecule has 17 nitrogen and oxygen atoms in total. The molecule has 0 aliphatic carbocycles. The molecular weight excluding hydrogens is 1090 g/mol. The molecule has 470 valence electrons. The Hall–Kier alpha value is -6.09. The fourth-order valence-electron chi connectivity index (χ4n) is 10.3. The lowest BCUT2D eigenvalue weighted by atomic mass is 10.0. The number of rotatable bonds is 17. The number of nitrogens with zero attached hydrogens (tertiary/aromatic N) is 4. The molecular formula is C66H103ClN6O11. The second-order valence-corrected chi connectivity index (χ2v) is 26.0. The molecule has 5 aliphatic heterocycles. The Morgan fingerprint density at radius 1 is 0.655 bits per heavy atom. The molecule has 4 amide bonds. The number of halogens is 1. The Kier molecular flexibility index (Phi) is 30.6. The SMILES string of the molecule is C.C=C=C=O.CC(C)C[C@H](N[C@H]1CCN(C(=O)OCc2ccccc2)C1)C(=O)OC(C)(C)C.CC(C)C[C@H]1C(OC(C)(C)C)=CC(=O)N1C1CCN(C(=O)OCc2ccccc2)C1.CC(C)C[C@H]1C(OC(C)(C)C)=CC(=O)N1C1CCNC1.Cl. The average molecular weight is 1190 g/mol. The van der Waals surface area contributed by atoms with Crippen LogP contribution in [0.25, 0.3) is 0 Å². The van der Waals surface area contributed by atoms with Crippen LogP contribution in [-0.4, -0.2) is 148 Å². The fraction of sp³-hybridized carbons (Fsp3) is 0.636. The number of esters is 1. The van der Waals surface area contributed by atoms with Crippen molar-refractivity contribution in [3.05, 3.63) is 108 Å². The van der Waals surface area contributed by atoms with Gasteiger partial charge in [-0.2, -0.15) is 0 Å². The molecule has 5 aliphatic rings. The first-order valence-electron chi connectivity index (χ1n) is 29.4. The Morgan fingerprint density at radius 3 is 1.49 bits per heavy atom. The van der Waals surface area contributed by atoms with Crippen molar-refractivity contribution in [3.63, 3.8) is 0 Å². The largest absolute Gasteiger partial charge is 0.490 e. The van der Waals surface area contributed by atoms with Crippen LogP contribution in [-0.2, 0) is 56.1 Å². The summed E-state index contributed by atoms with van der Waals surface area (Å²) in [6.07, 6.45) is 7.77. The van der Waals surface area contributed by atoms with Crippen LogP contribution in [0.5, 0.6) is 0 Å². The van der Waals surface area contributed by atoms with Crippen molar-refractivity contribution >= 4 is 48.3 Å². The Morgan fingerprint density at radius 2 is 1.10 bits per heavy atom. The molecule has 6 atom stereocenters. The third-order valence-corrected chi connectivity index (χ3v) is 13.6. The number of likely N-dealkylation sites (tertiary alicyclic amines) is 2. The van der Waals surface area contributed by atoms with Crippen molar-refractivity contribution in [2.75, 3.05) is 39.3 Å². The van der Waals surface area contributed by atoms with Gasteiger partial charge in [-0.25, -0.2) is 14.4 Å². The molecule has 0 spiro atoms. The Balaban J connectivity index is 0.000000418. The standard InChI is InChI=1S/C24H34N2O4.C22H34N2O4.C16H28N2O2.C3H2O.CH4.ClH/c1-17(2)13-20-21(30-24(3,4)5)14-22(27)26(20)19-11-12-25(15-19)23(28)29-16-18-9-7-6-8-10-18;1-16(2)13-19(20(25)28-22(3,4)5)23-18-11-12-24(14-18)21(26)27-15-17-9-7-6-8-10-17;1-11(2)8-13-14(20-16(3,4)5)9-15(19)18(13)12-6-7-17-10-12;1-2-3-4;;/h6-10,14,17,19-20H,11-13,15-16H2,1-5H3;6-10,16,18-19,23H,11-15H2,1-5H3;9,11-13,17H,6-8,10H2,1-5H3;1H2;1H4;1H/t19?,20-;18-,19-;12?,13-;;;/m000.../s1. The molecule has 0 saturated carbocycles. The highest BCUT2D eigenvalue weighted by Crippen LogP contribution is 2.35. The number of carbonyl (C=O) groups excluding carboxylic acids is 6. The summed E-state index contributed by atoms with van der Waals surface area (Å²) in [7, 11) is 0.